The molecule has 7 heteroatoms. The normalized spacial score (nSPS) is 12.7. The molecule has 0 bridgehead atoms. The van der Waals surface area contributed by atoms with Crippen molar-refractivity contribution in [2.75, 3.05) is 33.7 Å². The third-order valence-corrected chi connectivity index (χ3v) is 1.16. The maximum absolute atomic E-state index is 8.31. The number of hydrogen-bond acceptors (Lipinski definition) is 6. The zero-order chi connectivity index (χ0) is 9.94. The summed E-state index contributed by atoms with van der Waals surface area (Å²) in [5.41, 5.74) is 0. The third kappa shape index (κ3) is 8.01. The van der Waals surface area contributed by atoms with E-state index in [2.05, 4.69) is 17.4 Å². The minimum absolute atomic E-state index is 0.0544. The second-order valence-electron chi connectivity index (χ2n) is 2.12. The van der Waals surface area contributed by atoms with Gasteiger partial charge in [0, 0.05) is 0 Å². The molecule has 0 saturated carbocycles. The molecule has 0 radical (unpaired) electrons. The number of ether oxygens (including phenoxy) is 3. The zero-order valence-electron chi connectivity index (χ0n) is 7.64. The molecule has 76 valence electrons. The van der Waals surface area contributed by atoms with Crippen molar-refractivity contribution in [2.24, 2.45) is 4.90 Å². The summed E-state index contributed by atoms with van der Waals surface area (Å²) in [6, 6.07) is 0. The standard InChI is InChI=1S/C6H14BNO5/c1-10-2-3-11-4-6(13-9)12-5-8-7/h6-7,9H,2-5H2,1H3. The van der Waals surface area contributed by atoms with E-state index >= 15 is 0 Å². The Morgan fingerprint density at radius 1 is 1.46 bits per heavy atom. The minimum atomic E-state index is -0.831. The summed E-state index contributed by atoms with van der Waals surface area (Å²) in [5, 5.41) is 8.31. The summed E-state index contributed by atoms with van der Waals surface area (Å²) in [7, 11) is 4.77. The van der Waals surface area contributed by atoms with Crippen LogP contribution in [0.2, 0.25) is 0 Å². The number of nitrogens with zero attached hydrogens (tertiary/aromatic N) is 1. The van der Waals surface area contributed by atoms with Gasteiger partial charge in [0.05, 0.1) is 0 Å². The molecule has 0 aliphatic rings. The van der Waals surface area contributed by atoms with Gasteiger partial charge in [0.2, 0.25) is 0 Å². The second kappa shape index (κ2) is 9.75. The van der Waals surface area contributed by atoms with E-state index < -0.39 is 6.29 Å². The molecule has 0 aromatic carbocycles. The fourth-order valence-electron chi connectivity index (χ4n) is 0.567. The molecule has 13 heavy (non-hydrogen) atoms. The maximum atomic E-state index is 8.31. The van der Waals surface area contributed by atoms with Crippen LogP contribution in [-0.2, 0) is 19.1 Å². The first-order chi connectivity index (χ1) is 6.35. The first kappa shape index (κ1) is 12.7. The van der Waals surface area contributed by atoms with E-state index in [4.69, 9.17) is 19.5 Å². The van der Waals surface area contributed by atoms with Crippen molar-refractivity contribution in [3.05, 3.63) is 0 Å². The summed E-state index contributed by atoms with van der Waals surface area (Å²) in [6.45, 7) is 1.08. The number of methoxy groups -OCH3 is 1. The van der Waals surface area contributed by atoms with Crippen LogP contribution in [0, 0.1) is 0 Å². The van der Waals surface area contributed by atoms with Crippen molar-refractivity contribution >= 4 is 7.64 Å². The molecule has 0 rings (SSSR count). The molecular formula is C6H14BNO5. The van der Waals surface area contributed by atoms with Gasteiger partial charge in [0.25, 0.3) is 0 Å². The molecule has 0 aromatic heterocycles. The van der Waals surface area contributed by atoms with E-state index in [9.17, 15) is 0 Å². The van der Waals surface area contributed by atoms with E-state index in [0.717, 1.165) is 0 Å². The predicted octanol–water partition coefficient (Wildman–Crippen LogP) is -0.476. The van der Waals surface area contributed by atoms with Crippen LogP contribution in [-0.4, -0.2) is 52.8 Å². The van der Waals surface area contributed by atoms with E-state index in [0.29, 0.717) is 13.2 Å². The molecule has 0 aliphatic carbocycles. The van der Waals surface area contributed by atoms with Crippen molar-refractivity contribution < 1.29 is 24.4 Å². The van der Waals surface area contributed by atoms with Gasteiger partial charge in [0.1, 0.15) is 0 Å². The van der Waals surface area contributed by atoms with Gasteiger partial charge in [-0.15, -0.1) is 0 Å². The summed E-state index contributed by atoms with van der Waals surface area (Å²) in [6.07, 6.45) is -0.831. The van der Waals surface area contributed by atoms with Gasteiger partial charge < -0.3 is 0 Å². The van der Waals surface area contributed by atoms with Gasteiger partial charge in [-0.2, -0.15) is 0 Å². The van der Waals surface area contributed by atoms with Crippen LogP contribution in [0.1, 0.15) is 0 Å². The number of rotatable bonds is 9. The topological polar surface area (TPSA) is 69.5 Å². The van der Waals surface area contributed by atoms with Crippen LogP contribution in [0.3, 0.4) is 0 Å². The molecule has 0 aromatic rings. The van der Waals surface area contributed by atoms with E-state index in [1.165, 1.54) is 0 Å². The Kier molecular flexibility index (Phi) is 9.50. The average molecular weight is 191 g/mol. The molecule has 1 unspecified atom stereocenters. The van der Waals surface area contributed by atoms with Crippen LogP contribution >= 0.6 is 0 Å². The zero-order valence-corrected chi connectivity index (χ0v) is 7.64. The van der Waals surface area contributed by atoms with Crippen molar-refractivity contribution in [3.63, 3.8) is 0 Å². The van der Waals surface area contributed by atoms with E-state index in [1.807, 2.05) is 0 Å². The van der Waals surface area contributed by atoms with Crippen LogP contribution in [0.25, 0.3) is 0 Å². The Hall–Kier alpha value is -0.335. The summed E-state index contributed by atoms with van der Waals surface area (Å²) in [4.78, 5) is 7.38. The van der Waals surface area contributed by atoms with Crippen LogP contribution < -0.4 is 0 Å². The summed E-state index contributed by atoms with van der Waals surface area (Å²) >= 11 is 0. The van der Waals surface area contributed by atoms with E-state index in [-0.39, 0.29) is 13.3 Å². The van der Waals surface area contributed by atoms with Crippen LogP contribution in [0.15, 0.2) is 4.90 Å². The molecule has 0 spiro atoms. The Bertz CT molecular complexity index is 126. The second-order valence-corrected chi connectivity index (χ2v) is 2.12. The SMILES string of the molecule is B=NCOC(COCCOC)OO. The quantitative estimate of drug-likeness (QED) is 0.175. The molecule has 0 amide bonds. The van der Waals surface area contributed by atoms with Gasteiger partial charge in [0.15, 0.2) is 0 Å². The fraction of sp³-hybridized carbons (Fsp3) is 1.00. The van der Waals surface area contributed by atoms with E-state index in [1.54, 1.807) is 7.11 Å². The van der Waals surface area contributed by atoms with Crippen molar-refractivity contribution in [1.82, 2.24) is 0 Å². The van der Waals surface area contributed by atoms with Crippen molar-refractivity contribution in [1.29, 1.82) is 0 Å². The first-order valence-corrected chi connectivity index (χ1v) is 3.76. The first-order valence-electron chi connectivity index (χ1n) is 3.76. The molecule has 0 heterocycles. The van der Waals surface area contributed by atoms with Gasteiger partial charge in [-0.3, -0.25) is 0 Å². The Morgan fingerprint density at radius 3 is 2.77 bits per heavy atom. The van der Waals surface area contributed by atoms with Crippen LogP contribution in [0.5, 0.6) is 0 Å². The molecule has 1 atom stereocenters. The molecular weight excluding hydrogens is 177 g/mol. The fourth-order valence-corrected chi connectivity index (χ4v) is 0.567. The third-order valence-electron chi connectivity index (χ3n) is 1.16. The molecule has 1 N–H and O–H groups in total. The molecule has 0 saturated heterocycles. The number of hydrogen-bond donors (Lipinski definition) is 1. The predicted molar refractivity (Wildman–Crippen MR) is 45.7 cm³/mol. The Morgan fingerprint density at radius 2 is 2.23 bits per heavy atom. The monoisotopic (exact) mass is 191 g/mol. The summed E-state index contributed by atoms with van der Waals surface area (Å²) < 4.78 is 14.6. The van der Waals surface area contributed by atoms with Gasteiger partial charge in [-0.1, -0.05) is 0 Å². The molecule has 6 nitrogen and oxygen atoms in total. The Labute approximate surface area is 77.8 Å². The molecule has 0 aliphatic heterocycles. The average Bonchev–Trinajstić information content (AvgIpc) is 2.17. The van der Waals surface area contributed by atoms with Gasteiger partial charge in [-0.25, -0.2) is 0 Å². The summed E-state index contributed by atoms with van der Waals surface area (Å²) in [5.74, 6) is 0. The van der Waals surface area contributed by atoms with Crippen molar-refractivity contribution in [2.45, 2.75) is 6.29 Å². The van der Waals surface area contributed by atoms with Crippen molar-refractivity contribution in [3.8, 4) is 0 Å². The van der Waals surface area contributed by atoms with Gasteiger partial charge >= 0.3 is 76.8 Å². The Balaban J connectivity index is 3.30. The molecule has 0 fully saturated rings. The van der Waals surface area contributed by atoms with Gasteiger partial charge in [-0.05, 0) is 0 Å². The van der Waals surface area contributed by atoms with Crippen LogP contribution in [0.4, 0.5) is 0 Å².